The highest BCUT2D eigenvalue weighted by Crippen LogP contribution is 2.54. The summed E-state index contributed by atoms with van der Waals surface area (Å²) in [5.41, 5.74) is -0.136. The van der Waals surface area contributed by atoms with Crippen LogP contribution in [0.1, 0.15) is 24.8 Å². The number of benzene rings is 1. The fourth-order valence-electron chi connectivity index (χ4n) is 2.14. The molecule has 16 heavy (non-hydrogen) atoms. The minimum Gasteiger partial charge on any atom is -0.496 e. The quantitative estimate of drug-likeness (QED) is 0.853. The number of hydrogen-bond acceptors (Lipinski definition) is 2. The van der Waals surface area contributed by atoms with Gasteiger partial charge in [0, 0.05) is 11.0 Å². The lowest BCUT2D eigenvalue weighted by Crippen LogP contribution is -2.15. The van der Waals surface area contributed by atoms with E-state index in [1.807, 2.05) is 0 Å². The Morgan fingerprint density at radius 1 is 1.56 bits per heavy atom. The lowest BCUT2D eigenvalue weighted by molar-refractivity contribution is -0.137. The van der Waals surface area contributed by atoms with Crippen LogP contribution >= 0.6 is 0 Å². The van der Waals surface area contributed by atoms with E-state index >= 15 is 0 Å². The lowest BCUT2D eigenvalue weighted by Gasteiger charge is -2.17. The molecule has 1 fully saturated rings. The predicted octanol–water partition coefficient (Wildman–Crippen LogP) is 2.34. The van der Waals surface area contributed by atoms with Crippen LogP contribution in [0.3, 0.4) is 0 Å². The van der Waals surface area contributed by atoms with Crippen molar-refractivity contribution in [3.05, 3.63) is 29.6 Å². The third-order valence-corrected chi connectivity index (χ3v) is 3.07. The van der Waals surface area contributed by atoms with Gasteiger partial charge in [0.2, 0.25) is 0 Å². The van der Waals surface area contributed by atoms with E-state index in [2.05, 4.69) is 0 Å². The highest BCUT2D eigenvalue weighted by atomic mass is 19.1. The van der Waals surface area contributed by atoms with Gasteiger partial charge in [0.1, 0.15) is 11.6 Å². The first-order valence-electron chi connectivity index (χ1n) is 5.14. The summed E-state index contributed by atoms with van der Waals surface area (Å²) in [5.74, 6) is -0.834. The monoisotopic (exact) mass is 224 g/mol. The average Bonchev–Trinajstić information content (AvgIpc) is 2.97. The summed E-state index contributed by atoms with van der Waals surface area (Å²) in [6.07, 6.45) is 1.37. The van der Waals surface area contributed by atoms with Crippen LogP contribution in [0.4, 0.5) is 4.39 Å². The van der Waals surface area contributed by atoms with E-state index in [4.69, 9.17) is 9.84 Å². The number of halogens is 1. The largest absolute Gasteiger partial charge is 0.496 e. The Hall–Kier alpha value is -1.58. The van der Waals surface area contributed by atoms with Crippen molar-refractivity contribution in [3.63, 3.8) is 0 Å². The van der Waals surface area contributed by atoms with Crippen LogP contribution in [0.5, 0.6) is 5.75 Å². The highest BCUT2D eigenvalue weighted by molar-refractivity contribution is 5.70. The van der Waals surface area contributed by atoms with E-state index in [-0.39, 0.29) is 12.2 Å². The second-order valence-electron chi connectivity index (χ2n) is 4.17. The molecular formula is C12H13FO3. The summed E-state index contributed by atoms with van der Waals surface area (Å²) in [6.45, 7) is 0. The van der Waals surface area contributed by atoms with Gasteiger partial charge < -0.3 is 9.84 Å². The molecule has 4 heteroatoms. The zero-order valence-electron chi connectivity index (χ0n) is 9.00. The lowest BCUT2D eigenvalue weighted by atomic mass is 9.91. The summed E-state index contributed by atoms with van der Waals surface area (Å²) in [4.78, 5) is 10.8. The van der Waals surface area contributed by atoms with Gasteiger partial charge in [-0.1, -0.05) is 6.07 Å². The number of hydrogen-bond donors (Lipinski definition) is 1. The average molecular weight is 224 g/mol. The van der Waals surface area contributed by atoms with Gasteiger partial charge in [0.05, 0.1) is 13.5 Å². The van der Waals surface area contributed by atoms with Crippen LogP contribution in [0.25, 0.3) is 0 Å². The molecule has 0 unspecified atom stereocenters. The first kappa shape index (κ1) is 10.9. The predicted molar refractivity (Wildman–Crippen MR) is 56.1 cm³/mol. The molecule has 0 saturated heterocycles. The van der Waals surface area contributed by atoms with Gasteiger partial charge in [-0.25, -0.2) is 4.39 Å². The van der Waals surface area contributed by atoms with Crippen molar-refractivity contribution in [2.75, 3.05) is 7.11 Å². The molecular weight excluding hydrogens is 211 g/mol. The molecule has 3 nitrogen and oxygen atoms in total. The number of carboxylic acid groups (broad SMARTS) is 1. The Bertz CT molecular complexity index is 424. The van der Waals surface area contributed by atoms with Crippen molar-refractivity contribution in [2.24, 2.45) is 0 Å². The Kier molecular flexibility index (Phi) is 2.58. The highest BCUT2D eigenvalue weighted by Gasteiger charge is 2.49. The maximum Gasteiger partial charge on any atom is 0.304 e. The van der Waals surface area contributed by atoms with Crippen molar-refractivity contribution >= 4 is 5.97 Å². The summed E-state index contributed by atoms with van der Waals surface area (Å²) in [6, 6.07) is 4.58. The Labute approximate surface area is 92.9 Å². The minimum absolute atomic E-state index is 0.0374. The third kappa shape index (κ3) is 1.75. The zero-order valence-corrected chi connectivity index (χ0v) is 9.00. The molecule has 0 radical (unpaired) electrons. The van der Waals surface area contributed by atoms with Gasteiger partial charge in [-0.05, 0) is 25.0 Å². The molecule has 1 aliphatic carbocycles. The zero-order chi connectivity index (χ0) is 11.8. The summed E-state index contributed by atoms with van der Waals surface area (Å²) >= 11 is 0. The molecule has 0 aromatic heterocycles. The SMILES string of the molecule is COc1cccc(F)c1C1(CC(=O)O)CC1. The third-order valence-electron chi connectivity index (χ3n) is 3.07. The molecule has 0 spiro atoms. The molecule has 1 N–H and O–H groups in total. The number of aliphatic carboxylic acids is 1. The van der Waals surface area contributed by atoms with Crippen molar-refractivity contribution in [1.29, 1.82) is 0 Å². The molecule has 0 atom stereocenters. The summed E-state index contributed by atoms with van der Waals surface area (Å²) < 4.78 is 18.9. The maximum atomic E-state index is 13.8. The molecule has 0 heterocycles. The molecule has 1 aromatic rings. The van der Waals surface area contributed by atoms with E-state index in [1.165, 1.54) is 13.2 Å². The number of ether oxygens (including phenoxy) is 1. The van der Waals surface area contributed by atoms with Crippen molar-refractivity contribution in [2.45, 2.75) is 24.7 Å². The Balaban J connectivity index is 2.43. The second kappa shape index (κ2) is 3.77. The minimum atomic E-state index is -0.900. The standard InChI is InChI=1S/C12H13FO3/c1-16-9-4-2-3-8(13)11(9)12(5-6-12)7-10(14)15/h2-4H,5-7H2,1H3,(H,14,15). The Morgan fingerprint density at radius 2 is 2.25 bits per heavy atom. The van der Waals surface area contributed by atoms with Crippen LogP contribution in [0.2, 0.25) is 0 Å². The number of carbonyl (C=O) groups is 1. The Morgan fingerprint density at radius 3 is 2.75 bits per heavy atom. The number of methoxy groups -OCH3 is 1. The second-order valence-corrected chi connectivity index (χ2v) is 4.17. The van der Waals surface area contributed by atoms with Gasteiger partial charge in [0.15, 0.2) is 0 Å². The van der Waals surface area contributed by atoms with E-state index in [9.17, 15) is 9.18 Å². The summed E-state index contributed by atoms with van der Waals surface area (Å²) in [7, 11) is 1.47. The normalized spacial score (nSPS) is 16.9. The van der Waals surface area contributed by atoms with Crippen molar-refractivity contribution < 1.29 is 19.0 Å². The van der Waals surface area contributed by atoms with Crippen molar-refractivity contribution in [1.82, 2.24) is 0 Å². The number of rotatable bonds is 4. The van der Waals surface area contributed by atoms with Gasteiger partial charge >= 0.3 is 5.97 Å². The fourth-order valence-corrected chi connectivity index (χ4v) is 2.14. The van der Waals surface area contributed by atoms with Gasteiger partial charge in [0.25, 0.3) is 0 Å². The first-order valence-corrected chi connectivity index (χ1v) is 5.14. The topological polar surface area (TPSA) is 46.5 Å². The van der Waals surface area contributed by atoms with Crippen molar-refractivity contribution in [3.8, 4) is 5.75 Å². The van der Waals surface area contributed by atoms with Crippen LogP contribution in [0, 0.1) is 5.82 Å². The van der Waals surface area contributed by atoms with Gasteiger partial charge in [-0.2, -0.15) is 0 Å². The van der Waals surface area contributed by atoms with Crippen LogP contribution in [0.15, 0.2) is 18.2 Å². The fraction of sp³-hybridized carbons (Fsp3) is 0.417. The molecule has 1 aliphatic rings. The first-order chi connectivity index (χ1) is 7.59. The van der Waals surface area contributed by atoms with Crippen LogP contribution < -0.4 is 4.74 Å². The van der Waals surface area contributed by atoms with E-state index in [0.29, 0.717) is 24.2 Å². The molecule has 2 rings (SSSR count). The smallest absolute Gasteiger partial charge is 0.304 e. The molecule has 0 amide bonds. The molecule has 0 bridgehead atoms. The van der Waals surface area contributed by atoms with Gasteiger partial charge in [-0.3, -0.25) is 4.79 Å². The van der Waals surface area contributed by atoms with Crippen LogP contribution in [-0.2, 0) is 10.2 Å². The maximum absolute atomic E-state index is 13.8. The molecule has 1 aromatic carbocycles. The van der Waals surface area contributed by atoms with E-state index in [0.717, 1.165) is 0 Å². The molecule has 1 saturated carbocycles. The van der Waals surface area contributed by atoms with E-state index < -0.39 is 11.4 Å². The van der Waals surface area contributed by atoms with Gasteiger partial charge in [-0.15, -0.1) is 0 Å². The van der Waals surface area contributed by atoms with Crippen LogP contribution in [-0.4, -0.2) is 18.2 Å². The van der Waals surface area contributed by atoms with E-state index in [1.54, 1.807) is 12.1 Å². The summed E-state index contributed by atoms with van der Waals surface area (Å²) in [5, 5.41) is 8.84. The molecule has 0 aliphatic heterocycles. The number of carboxylic acids is 1. The molecule has 86 valence electrons.